The molecule has 8 aromatic carbocycles. The number of benzene rings is 8. The Bertz CT molecular complexity index is 2920. The van der Waals surface area contributed by atoms with Gasteiger partial charge in [0.25, 0.3) is 0 Å². The minimum Gasteiger partial charge on any atom is -0.310 e. The summed E-state index contributed by atoms with van der Waals surface area (Å²) in [6, 6.07) is 61.9. The lowest BCUT2D eigenvalue weighted by Crippen LogP contribution is -2.27. The first-order chi connectivity index (χ1) is 27.7. The maximum absolute atomic E-state index is 2.56. The van der Waals surface area contributed by atoms with Crippen molar-refractivity contribution < 1.29 is 0 Å². The molecule has 1 spiro atoms. The lowest BCUT2D eigenvalue weighted by atomic mass is 9.68. The average molecular weight is 732 g/mol. The van der Waals surface area contributed by atoms with E-state index in [0.29, 0.717) is 0 Å². The number of fused-ring (bicyclic) bond motifs is 13. The van der Waals surface area contributed by atoms with E-state index in [-0.39, 0.29) is 5.41 Å². The van der Waals surface area contributed by atoms with E-state index in [2.05, 4.69) is 210 Å². The van der Waals surface area contributed by atoms with Gasteiger partial charge in [0.1, 0.15) is 0 Å². The minimum absolute atomic E-state index is 0.127. The number of hydrogen-bond acceptors (Lipinski definition) is 1. The normalized spacial score (nSPS) is 14.4. The molecule has 0 aromatic heterocycles. The summed E-state index contributed by atoms with van der Waals surface area (Å²) in [4.78, 5) is 2.56. The second-order valence-corrected chi connectivity index (χ2v) is 17.1. The van der Waals surface area contributed by atoms with Gasteiger partial charge in [-0.3, -0.25) is 0 Å². The van der Waals surface area contributed by atoms with Crippen molar-refractivity contribution >= 4 is 17.1 Å². The Morgan fingerprint density at radius 3 is 1.58 bits per heavy atom. The van der Waals surface area contributed by atoms with Crippen LogP contribution in [0.2, 0.25) is 0 Å². The Kier molecular flexibility index (Phi) is 7.15. The molecule has 0 radical (unpaired) electrons. The molecule has 0 bridgehead atoms. The van der Waals surface area contributed by atoms with Crippen molar-refractivity contribution in [2.45, 2.75) is 52.4 Å². The van der Waals surface area contributed by atoms with Gasteiger partial charge >= 0.3 is 0 Å². The molecule has 0 amide bonds. The van der Waals surface area contributed by atoms with Gasteiger partial charge in [-0.1, -0.05) is 147 Å². The van der Waals surface area contributed by atoms with Gasteiger partial charge in [0.15, 0.2) is 0 Å². The third-order valence-corrected chi connectivity index (χ3v) is 13.8. The van der Waals surface area contributed by atoms with Gasteiger partial charge in [-0.25, -0.2) is 0 Å². The second-order valence-electron chi connectivity index (χ2n) is 17.1. The smallest absolute Gasteiger partial charge is 0.0729 e. The molecule has 0 saturated carbocycles. The Labute approximate surface area is 336 Å². The van der Waals surface area contributed by atoms with E-state index in [0.717, 1.165) is 5.69 Å². The van der Waals surface area contributed by atoms with Gasteiger partial charge in [-0.15, -0.1) is 0 Å². The quantitative estimate of drug-likeness (QED) is 0.174. The highest BCUT2D eigenvalue weighted by atomic mass is 15.1. The Morgan fingerprint density at radius 1 is 0.386 bits per heavy atom. The first-order valence-electron chi connectivity index (χ1n) is 20.4. The number of anilines is 3. The molecule has 0 heterocycles. The molecule has 11 rings (SSSR count). The van der Waals surface area contributed by atoms with Crippen molar-refractivity contribution in [1.29, 1.82) is 0 Å². The highest BCUT2D eigenvalue weighted by Crippen LogP contribution is 2.66. The van der Waals surface area contributed by atoms with Crippen molar-refractivity contribution in [3.05, 3.63) is 219 Å². The van der Waals surface area contributed by atoms with Gasteiger partial charge < -0.3 is 4.90 Å². The highest BCUT2D eigenvalue weighted by Gasteiger charge is 2.53. The van der Waals surface area contributed by atoms with E-state index in [1.165, 1.54) is 112 Å². The van der Waals surface area contributed by atoms with Crippen LogP contribution in [0, 0.1) is 27.7 Å². The summed E-state index contributed by atoms with van der Waals surface area (Å²) in [5.74, 6) is 0. The number of rotatable bonds is 4. The fourth-order valence-corrected chi connectivity index (χ4v) is 10.8. The van der Waals surface area contributed by atoms with Crippen LogP contribution in [0.3, 0.4) is 0 Å². The zero-order valence-electron chi connectivity index (χ0n) is 33.5. The Balaban J connectivity index is 1.24. The zero-order chi connectivity index (χ0) is 38.8. The molecule has 3 aliphatic rings. The largest absolute Gasteiger partial charge is 0.310 e. The third-order valence-electron chi connectivity index (χ3n) is 13.8. The number of nitrogens with zero attached hydrogens (tertiary/aromatic N) is 1. The van der Waals surface area contributed by atoms with Crippen LogP contribution < -0.4 is 4.90 Å². The molecule has 0 atom stereocenters. The van der Waals surface area contributed by atoms with E-state index < -0.39 is 5.41 Å². The topological polar surface area (TPSA) is 3.24 Å². The zero-order valence-corrected chi connectivity index (χ0v) is 33.5. The van der Waals surface area contributed by atoms with Crippen molar-refractivity contribution in [3.63, 3.8) is 0 Å². The molecule has 0 fully saturated rings. The van der Waals surface area contributed by atoms with Gasteiger partial charge in [-0.05, 0) is 153 Å². The van der Waals surface area contributed by atoms with E-state index in [1.807, 2.05) is 0 Å². The molecule has 8 aromatic rings. The summed E-state index contributed by atoms with van der Waals surface area (Å²) in [7, 11) is 0. The van der Waals surface area contributed by atoms with Crippen LogP contribution in [0.25, 0.3) is 44.5 Å². The molecule has 0 saturated heterocycles. The lowest BCUT2D eigenvalue weighted by molar-refractivity contribution is 0.660. The Morgan fingerprint density at radius 2 is 0.912 bits per heavy atom. The SMILES string of the molecule is Cc1cc2c(cc1C)C1(c3ccccc3-c3ccccc31)c1c(C)c(C)cc(N(c3ccc(-c4ccccc4)cc3)c3ccc4c(c3)C(C)(C)c3ccccc3-4)c1-2. The molecule has 274 valence electrons. The van der Waals surface area contributed by atoms with Crippen LogP contribution in [0.5, 0.6) is 0 Å². The number of aryl methyl sites for hydroxylation is 3. The maximum Gasteiger partial charge on any atom is 0.0729 e. The molecular formula is C56H45N. The first kappa shape index (κ1) is 33.9. The predicted octanol–water partition coefficient (Wildman–Crippen LogP) is 14.7. The van der Waals surface area contributed by atoms with Crippen molar-refractivity contribution in [3.8, 4) is 44.5 Å². The van der Waals surface area contributed by atoms with Gasteiger partial charge in [0.2, 0.25) is 0 Å². The fraction of sp³-hybridized carbons (Fsp3) is 0.143. The van der Waals surface area contributed by atoms with Crippen molar-refractivity contribution in [2.75, 3.05) is 4.90 Å². The summed E-state index contributed by atoms with van der Waals surface area (Å²) >= 11 is 0. The van der Waals surface area contributed by atoms with E-state index in [9.17, 15) is 0 Å². The summed E-state index contributed by atoms with van der Waals surface area (Å²) in [6.07, 6.45) is 0. The molecule has 0 N–H and O–H groups in total. The number of hydrogen-bond donors (Lipinski definition) is 0. The van der Waals surface area contributed by atoms with Crippen LogP contribution >= 0.6 is 0 Å². The van der Waals surface area contributed by atoms with Crippen LogP contribution in [0.4, 0.5) is 17.1 Å². The third kappa shape index (κ3) is 4.52. The van der Waals surface area contributed by atoms with Crippen LogP contribution in [0.15, 0.2) is 164 Å². The molecule has 0 aliphatic heterocycles. The predicted molar refractivity (Wildman–Crippen MR) is 239 cm³/mol. The molecular weight excluding hydrogens is 687 g/mol. The van der Waals surface area contributed by atoms with E-state index >= 15 is 0 Å². The minimum atomic E-state index is -0.439. The summed E-state index contributed by atoms with van der Waals surface area (Å²) in [5.41, 5.74) is 27.0. The van der Waals surface area contributed by atoms with Crippen LogP contribution in [-0.2, 0) is 10.8 Å². The fourth-order valence-electron chi connectivity index (χ4n) is 10.8. The molecule has 0 unspecified atom stereocenters. The van der Waals surface area contributed by atoms with Gasteiger partial charge in [0, 0.05) is 22.4 Å². The first-order valence-corrected chi connectivity index (χ1v) is 20.4. The van der Waals surface area contributed by atoms with Gasteiger partial charge in [-0.2, -0.15) is 0 Å². The van der Waals surface area contributed by atoms with Crippen molar-refractivity contribution in [2.24, 2.45) is 0 Å². The summed E-state index contributed by atoms with van der Waals surface area (Å²) < 4.78 is 0. The molecule has 3 aliphatic carbocycles. The molecule has 1 nitrogen and oxygen atoms in total. The monoisotopic (exact) mass is 731 g/mol. The maximum atomic E-state index is 2.56. The summed E-state index contributed by atoms with van der Waals surface area (Å²) in [6.45, 7) is 14.0. The standard InChI is InChI=1S/C56H45N/c1-34-30-46-51(31-35(34)2)56(48-22-14-11-19-43(48)44-20-12-15-23-49(44)56)54-37(4)36(3)32-52(53(46)54)57(40-26-24-39(25-27-40)38-16-8-7-9-17-38)41-28-29-45-42-18-10-13-21-47(42)55(5,6)50(45)33-41/h7-33H,1-6H3. The summed E-state index contributed by atoms with van der Waals surface area (Å²) in [5, 5.41) is 0. The average Bonchev–Trinajstić information content (AvgIpc) is 3.79. The highest BCUT2D eigenvalue weighted by molar-refractivity contribution is 6.03. The molecule has 57 heavy (non-hydrogen) atoms. The second kappa shape index (κ2) is 12.0. The molecule has 1 heteroatoms. The van der Waals surface area contributed by atoms with E-state index in [1.54, 1.807) is 0 Å². The van der Waals surface area contributed by atoms with Crippen molar-refractivity contribution in [1.82, 2.24) is 0 Å². The lowest BCUT2D eigenvalue weighted by Gasteiger charge is -2.34. The van der Waals surface area contributed by atoms with Crippen LogP contribution in [-0.4, -0.2) is 0 Å². The van der Waals surface area contributed by atoms with E-state index in [4.69, 9.17) is 0 Å². The van der Waals surface area contributed by atoms with Crippen LogP contribution in [0.1, 0.15) is 69.5 Å². The van der Waals surface area contributed by atoms with Gasteiger partial charge in [0.05, 0.1) is 11.1 Å². The Hall–Kier alpha value is -6.44.